The summed E-state index contributed by atoms with van der Waals surface area (Å²) in [6.45, 7) is 2.31. The Kier molecular flexibility index (Phi) is 7.35. The predicted molar refractivity (Wildman–Crippen MR) is 145 cm³/mol. The number of nitrogens with two attached hydrogens (primary N) is 1. The molecule has 0 spiro atoms. The van der Waals surface area contributed by atoms with E-state index >= 15 is 0 Å². The van der Waals surface area contributed by atoms with Gasteiger partial charge in [-0.1, -0.05) is 30.3 Å². The van der Waals surface area contributed by atoms with Crippen molar-refractivity contribution < 1.29 is 19.4 Å². The molecular weight excluding hydrogens is 498 g/mol. The summed E-state index contributed by atoms with van der Waals surface area (Å²) in [6.07, 6.45) is 7.74. The number of hydrogen-bond acceptors (Lipinski definition) is 9. The normalized spacial score (nSPS) is 14.2. The van der Waals surface area contributed by atoms with E-state index in [0.29, 0.717) is 24.4 Å². The first-order valence-corrected chi connectivity index (χ1v) is 12.4. The Balaban J connectivity index is 1.43. The van der Waals surface area contributed by atoms with E-state index in [4.69, 9.17) is 20.3 Å². The van der Waals surface area contributed by atoms with Gasteiger partial charge >= 0.3 is 5.97 Å². The average Bonchev–Trinajstić information content (AvgIpc) is 3.43. The number of hydrogen-bond donors (Lipinski definition) is 3. The molecule has 1 aliphatic heterocycles. The Morgan fingerprint density at radius 1 is 1.18 bits per heavy atom. The molecule has 200 valence electrons. The Morgan fingerprint density at radius 3 is 2.77 bits per heavy atom. The van der Waals surface area contributed by atoms with Gasteiger partial charge in [0.25, 0.3) is 0 Å². The lowest BCUT2D eigenvalue weighted by Crippen LogP contribution is -2.30. The van der Waals surface area contributed by atoms with E-state index in [1.807, 2.05) is 61.8 Å². The fraction of sp³-hybridized carbons (Fsp3) is 0.250. The van der Waals surface area contributed by atoms with Gasteiger partial charge in [-0.2, -0.15) is 5.10 Å². The highest BCUT2D eigenvalue weighted by molar-refractivity contribution is 5.76. The first-order valence-electron chi connectivity index (χ1n) is 12.4. The summed E-state index contributed by atoms with van der Waals surface area (Å²) in [5.41, 5.74) is 11.1. The highest BCUT2D eigenvalue weighted by Crippen LogP contribution is 2.35. The predicted octanol–water partition coefficient (Wildman–Crippen LogP) is 3.69. The van der Waals surface area contributed by atoms with Crippen molar-refractivity contribution in [2.45, 2.75) is 31.9 Å². The lowest BCUT2D eigenvalue weighted by atomic mass is 9.90. The molecule has 1 aromatic carbocycles. The molecule has 0 bridgehead atoms. The van der Waals surface area contributed by atoms with E-state index < -0.39 is 11.6 Å². The molecule has 0 aliphatic carbocycles. The fourth-order valence-corrected chi connectivity index (χ4v) is 4.47. The van der Waals surface area contributed by atoms with Gasteiger partial charge in [-0.15, -0.1) is 0 Å². The standard InChI is InChI=1S/C28H29N7O4/c1-28(39-17-38-2,22-6-4-3-5-7-22)24-12-23(33-27(29)34-24)20-11-18-10-19(13-30-26(18)31-14-20)21-15-32-35(16-21)9-8-25(36)37/h3-7,10,12-16H,8-9,11,17H2,1-2H3,(H,30,31)(H,36,37)(H2,29,33,34). The highest BCUT2D eigenvalue weighted by Gasteiger charge is 2.33. The van der Waals surface area contributed by atoms with E-state index in [1.54, 1.807) is 24.2 Å². The quantitative estimate of drug-likeness (QED) is 0.261. The molecule has 1 atom stereocenters. The Labute approximate surface area is 225 Å². The maximum Gasteiger partial charge on any atom is 0.305 e. The van der Waals surface area contributed by atoms with Gasteiger partial charge in [-0.3, -0.25) is 9.48 Å². The number of aromatic nitrogens is 5. The molecular formula is C28H29N7O4. The molecule has 4 aromatic rings. The summed E-state index contributed by atoms with van der Waals surface area (Å²) < 4.78 is 13.0. The number of rotatable bonds is 10. The van der Waals surface area contributed by atoms with Gasteiger partial charge in [-0.05, 0) is 35.8 Å². The number of ether oxygens (including phenoxy) is 2. The molecule has 0 amide bonds. The van der Waals surface area contributed by atoms with Crippen LogP contribution >= 0.6 is 0 Å². The summed E-state index contributed by atoms with van der Waals surface area (Å²) in [6, 6.07) is 13.7. The summed E-state index contributed by atoms with van der Waals surface area (Å²) >= 11 is 0. The van der Waals surface area contributed by atoms with E-state index in [0.717, 1.165) is 33.6 Å². The van der Waals surface area contributed by atoms with Gasteiger partial charge in [0.2, 0.25) is 5.95 Å². The van der Waals surface area contributed by atoms with Crippen molar-refractivity contribution in [1.82, 2.24) is 24.7 Å². The van der Waals surface area contributed by atoms with Gasteiger partial charge in [0, 0.05) is 43.3 Å². The Bertz CT molecular complexity index is 1520. The lowest BCUT2D eigenvalue weighted by Gasteiger charge is -2.30. The van der Waals surface area contributed by atoms with Crippen molar-refractivity contribution in [3.63, 3.8) is 0 Å². The van der Waals surface area contributed by atoms with Gasteiger partial charge in [-0.25, -0.2) is 15.0 Å². The van der Waals surface area contributed by atoms with Crippen molar-refractivity contribution in [3.8, 4) is 11.1 Å². The maximum atomic E-state index is 10.9. The number of carboxylic acids is 1. The third-order valence-electron chi connectivity index (χ3n) is 6.60. The minimum Gasteiger partial charge on any atom is -0.481 e. The summed E-state index contributed by atoms with van der Waals surface area (Å²) in [5, 5.41) is 16.5. The first kappa shape index (κ1) is 26.0. The molecule has 4 N–H and O–H groups in total. The van der Waals surface area contributed by atoms with Crippen molar-refractivity contribution >= 4 is 23.3 Å². The molecule has 1 unspecified atom stereocenters. The minimum atomic E-state index is -0.917. The number of nitrogens with one attached hydrogen (secondary N) is 1. The minimum absolute atomic E-state index is 0.00547. The number of nitrogens with zero attached hydrogens (tertiary/aromatic N) is 5. The number of carboxylic acid groups (broad SMARTS) is 1. The molecule has 1 aliphatic rings. The van der Waals surface area contributed by atoms with Crippen molar-refractivity contribution in [2.24, 2.45) is 0 Å². The maximum absolute atomic E-state index is 10.9. The lowest BCUT2D eigenvalue weighted by molar-refractivity contribution is -0.137. The number of benzene rings is 1. The molecule has 11 nitrogen and oxygen atoms in total. The van der Waals surface area contributed by atoms with Crippen LogP contribution in [0.2, 0.25) is 0 Å². The van der Waals surface area contributed by atoms with Gasteiger partial charge in [0.15, 0.2) is 0 Å². The van der Waals surface area contributed by atoms with Crippen LogP contribution in [0, 0.1) is 0 Å². The smallest absolute Gasteiger partial charge is 0.305 e. The number of anilines is 2. The SMILES string of the molecule is COCOC(C)(c1ccccc1)c1cc(C2=CNc3ncc(-c4cnn(CCC(=O)O)c4)cc3C2)nc(N)n1. The fourth-order valence-electron chi connectivity index (χ4n) is 4.47. The van der Waals surface area contributed by atoms with Crippen LogP contribution in [0.25, 0.3) is 16.7 Å². The number of methoxy groups -OCH3 is 1. The zero-order chi connectivity index (χ0) is 27.4. The molecule has 5 rings (SSSR count). The Morgan fingerprint density at radius 2 is 2.00 bits per heavy atom. The van der Waals surface area contributed by atoms with Crippen LogP contribution in [0.4, 0.5) is 11.8 Å². The van der Waals surface area contributed by atoms with Gasteiger partial charge in [0.1, 0.15) is 18.2 Å². The third-order valence-corrected chi connectivity index (χ3v) is 6.60. The number of pyridine rings is 1. The number of carbonyl (C=O) groups is 1. The van der Waals surface area contributed by atoms with Crippen LogP contribution in [0.5, 0.6) is 0 Å². The molecule has 0 saturated heterocycles. The van der Waals surface area contributed by atoms with Crippen LogP contribution in [-0.4, -0.2) is 49.7 Å². The van der Waals surface area contributed by atoms with Gasteiger partial charge in [0.05, 0.1) is 30.6 Å². The van der Waals surface area contributed by atoms with Crippen molar-refractivity contribution in [2.75, 3.05) is 25.0 Å². The highest BCUT2D eigenvalue weighted by atomic mass is 16.7. The average molecular weight is 528 g/mol. The largest absolute Gasteiger partial charge is 0.481 e. The van der Waals surface area contributed by atoms with Crippen LogP contribution in [0.3, 0.4) is 0 Å². The van der Waals surface area contributed by atoms with E-state index in [-0.39, 0.29) is 19.2 Å². The van der Waals surface area contributed by atoms with E-state index in [2.05, 4.69) is 25.4 Å². The summed E-state index contributed by atoms with van der Waals surface area (Å²) in [7, 11) is 1.57. The second-order valence-corrected chi connectivity index (χ2v) is 9.30. The summed E-state index contributed by atoms with van der Waals surface area (Å²) in [5.74, 6) is 0.0225. The first-order chi connectivity index (χ1) is 18.9. The monoisotopic (exact) mass is 527 g/mol. The third kappa shape index (κ3) is 5.64. The van der Waals surface area contributed by atoms with Crippen LogP contribution < -0.4 is 11.1 Å². The van der Waals surface area contributed by atoms with Crippen molar-refractivity contribution in [3.05, 3.63) is 89.8 Å². The number of aryl methyl sites for hydroxylation is 1. The van der Waals surface area contributed by atoms with E-state index in [1.165, 1.54) is 0 Å². The number of allylic oxidation sites excluding steroid dienone is 1. The zero-order valence-corrected chi connectivity index (χ0v) is 21.7. The number of aliphatic carboxylic acids is 1. The second kappa shape index (κ2) is 11.0. The molecule has 11 heteroatoms. The molecule has 4 heterocycles. The molecule has 0 fully saturated rings. The van der Waals surface area contributed by atoms with Crippen molar-refractivity contribution in [1.29, 1.82) is 0 Å². The topological polar surface area (TPSA) is 150 Å². The summed E-state index contributed by atoms with van der Waals surface area (Å²) in [4.78, 5) is 24.5. The second-order valence-electron chi connectivity index (χ2n) is 9.30. The number of fused-ring (bicyclic) bond motifs is 1. The van der Waals surface area contributed by atoms with Crippen LogP contribution in [-0.2, 0) is 32.8 Å². The van der Waals surface area contributed by atoms with Gasteiger partial charge < -0.3 is 25.6 Å². The van der Waals surface area contributed by atoms with E-state index in [9.17, 15) is 4.79 Å². The van der Waals surface area contributed by atoms with Crippen LogP contribution in [0.1, 0.15) is 35.9 Å². The molecule has 3 aromatic heterocycles. The molecule has 0 saturated carbocycles. The Hall–Kier alpha value is -4.61. The number of nitrogen functional groups attached to an aromatic ring is 1. The van der Waals surface area contributed by atoms with Crippen LogP contribution in [0.15, 0.2) is 67.3 Å². The zero-order valence-electron chi connectivity index (χ0n) is 21.7. The molecule has 0 radical (unpaired) electrons. The molecule has 39 heavy (non-hydrogen) atoms.